The zero-order valence-electron chi connectivity index (χ0n) is 16.3. The molecule has 1 atom stereocenters. The lowest BCUT2D eigenvalue weighted by atomic mass is 10.1. The van der Waals surface area contributed by atoms with Gasteiger partial charge in [-0.2, -0.15) is 17.6 Å². The second-order valence-corrected chi connectivity index (χ2v) is 6.54. The first-order valence-corrected chi connectivity index (χ1v) is 8.96. The quantitative estimate of drug-likeness (QED) is 0.207. The van der Waals surface area contributed by atoms with Crippen molar-refractivity contribution in [3.63, 3.8) is 0 Å². The molecule has 166 valence electrons. The van der Waals surface area contributed by atoms with Crippen LogP contribution in [0, 0.1) is 5.41 Å². The second kappa shape index (κ2) is 9.92. The van der Waals surface area contributed by atoms with E-state index in [1.165, 1.54) is 43.3 Å². The van der Waals surface area contributed by atoms with Crippen molar-refractivity contribution in [2.75, 3.05) is 5.32 Å². The fraction of sp³-hybridized carbons (Fsp3) is 0.250. The van der Waals surface area contributed by atoms with E-state index in [-0.39, 0.29) is 5.84 Å². The second-order valence-electron chi connectivity index (χ2n) is 6.54. The lowest BCUT2D eigenvalue weighted by molar-refractivity contribution is -0.253. The molecule has 1 unspecified atom stereocenters. The van der Waals surface area contributed by atoms with Gasteiger partial charge in [0.05, 0.1) is 6.04 Å². The summed E-state index contributed by atoms with van der Waals surface area (Å²) >= 11 is 0. The summed E-state index contributed by atoms with van der Waals surface area (Å²) in [4.78, 5) is 24.1. The SMILES string of the molecule is CC(NC(=O)CC(=O)Nc1ccc(C(=N)N)cc1)c1cccc(OC(F)(F)C(F)F)c1. The molecule has 2 aromatic rings. The highest BCUT2D eigenvalue weighted by atomic mass is 19.3. The van der Waals surface area contributed by atoms with Gasteiger partial charge in [0, 0.05) is 11.3 Å². The highest BCUT2D eigenvalue weighted by Crippen LogP contribution is 2.29. The van der Waals surface area contributed by atoms with E-state index in [0.29, 0.717) is 16.8 Å². The van der Waals surface area contributed by atoms with Crippen molar-refractivity contribution in [2.45, 2.75) is 31.9 Å². The Kier molecular flexibility index (Phi) is 7.56. The molecule has 0 bridgehead atoms. The van der Waals surface area contributed by atoms with E-state index in [9.17, 15) is 27.2 Å². The largest absolute Gasteiger partial charge is 0.461 e. The van der Waals surface area contributed by atoms with Crippen LogP contribution in [0.25, 0.3) is 0 Å². The van der Waals surface area contributed by atoms with Crippen LogP contribution < -0.4 is 21.1 Å². The third-order valence-corrected chi connectivity index (χ3v) is 4.04. The van der Waals surface area contributed by atoms with Crippen LogP contribution in [0.1, 0.15) is 30.5 Å². The predicted octanol–water partition coefficient (Wildman–Crippen LogP) is 3.41. The van der Waals surface area contributed by atoms with Crippen molar-refractivity contribution >= 4 is 23.3 Å². The summed E-state index contributed by atoms with van der Waals surface area (Å²) < 4.78 is 54.7. The monoisotopic (exact) mass is 440 g/mol. The number of halogens is 4. The molecule has 0 fully saturated rings. The molecule has 0 aliphatic carbocycles. The van der Waals surface area contributed by atoms with E-state index >= 15 is 0 Å². The number of hydrogen-bond donors (Lipinski definition) is 4. The van der Waals surface area contributed by atoms with Gasteiger partial charge in [0.25, 0.3) is 0 Å². The van der Waals surface area contributed by atoms with E-state index in [4.69, 9.17) is 11.1 Å². The van der Waals surface area contributed by atoms with Gasteiger partial charge in [-0.15, -0.1) is 0 Å². The minimum atomic E-state index is -4.65. The lowest BCUT2D eigenvalue weighted by Gasteiger charge is -2.19. The van der Waals surface area contributed by atoms with Gasteiger partial charge in [-0.25, -0.2) is 0 Å². The summed E-state index contributed by atoms with van der Waals surface area (Å²) in [7, 11) is 0. The van der Waals surface area contributed by atoms with Gasteiger partial charge in [-0.3, -0.25) is 15.0 Å². The highest BCUT2D eigenvalue weighted by molar-refractivity contribution is 6.04. The maximum absolute atomic E-state index is 13.1. The molecule has 0 aromatic heterocycles. The summed E-state index contributed by atoms with van der Waals surface area (Å²) in [5, 5.41) is 12.3. The van der Waals surface area contributed by atoms with E-state index in [1.807, 2.05) is 0 Å². The van der Waals surface area contributed by atoms with E-state index < -0.39 is 42.6 Å². The van der Waals surface area contributed by atoms with Crippen LogP contribution in [-0.2, 0) is 9.59 Å². The molecular weight excluding hydrogens is 420 g/mol. The number of nitrogen functional groups attached to an aromatic ring is 1. The zero-order valence-corrected chi connectivity index (χ0v) is 16.3. The van der Waals surface area contributed by atoms with Crippen molar-refractivity contribution in [3.05, 3.63) is 59.7 Å². The average Bonchev–Trinajstić information content (AvgIpc) is 2.67. The van der Waals surface area contributed by atoms with Gasteiger partial charge in [0.2, 0.25) is 11.8 Å². The molecule has 31 heavy (non-hydrogen) atoms. The molecule has 2 aromatic carbocycles. The molecule has 2 rings (SSSR count). The Morgan fingerprint density at radius 3 is 2.35 bits per heavy atom. The number of ether oxygens (including phenoxy) is 1. The topological polar surface area (TPSA) is 117 Å². The summed E-state index contributed by atoms with van der Waals surface area (Å²) in [6, 6.07) is 10.4. The number of nitrogens with two attached hydrogens (primary N) is 1. The van der Waals surface area contributed by atoms with Gasteiger partial charge in [-0.05, 0) is 48.9 Å². The van der Waals surface area contributed by atoms with Crippen LogP contribution >= 0.6 is 0 Å². The van der Waals surface area contributed by atoms with Crippen LogP contribution in [0.2, 0.25) is 0 Å². The van der Waals surface area contributed by atoms with Gasteiger partial charge < -0.3 is 21.1 Å². The molecule has 0 saturated heterocycles. The smallest absolute Gasteiger partial charge is 0.428 e. The number of hydrogen-bond acceptors (Lipinski definition) is 4. The van der Waals surface area contributed by atoms with Gasteiger partial charge in [-0.1, -0.05) is 12.1 Å². The molecule has 0 radical (unpaired) electrons. The molecule has 7 nitrogen and oxygen atoms in total. The van der Waals surface area contributed by atoms with Crippen LogP contribution in [0.15, 0.2) is 48.5 Å². The third kappa shape index (κ3) is 6.98. The Balaban J connectivity index is 1.92. The minimum absolute atomic E-state index is 0.126. The first kappa shape index (κ1) is 23.6. The molecule has 0 aliphatic rings. The Hall–Kier alpha value is -3.63. The summed E-state index contributed by atoms with van der Waals surface area (Å²) in [5.74, 6) is -1.86. The molecule has 11 heteroatoms. The molecular formula is C20H20F4N4O3. The number of anilines is 1. The number of carbonyl (C=O) groups excluding carboxylic acids is 2. The minimum Gasteiger partial charge on any atom is -0.428 e. The van der Waals surface area contributed by atoms with Crippen molar-refractivity contribution in [3.8, 4) is 5.75 Å². The van der Waals surface area contributed by atoms with Crippen LogP contribution in [0.4, 0.5) is 23.2 Å². The Morgan fingerprint density at radius 1 is 1.13 bits per heavy atom. The number of nitrogens with one attached hydrogen (secondary N) is 3. The standard InChI is InChI=1S/C20H20F4N4O3/c1-11(13-3-2-4-15(9-13)31-20(23,24)19(21)22)27-16(29)10-17(30)28-14-7-5-12(6-8-14)18(25)26/h2-9,11,19H,10H2,1H3,(H3,25,26)(H,27,29)(H,28,30). The Morgan fingerprint density at radius 2 is 1.77 bits per heavy atom. The summed E-state index contributed by atoms with van der Waals surface area (Å²) in [5.41, 5.74) is 6.54. The van der Waals surface area contributed by atoms with Gasteiger partial charge in [0.1, 0.15) is 18.0 Å². The zero-order chi connectivity index (χ0) is 23.2. The first-order chi connectivity index (χ1) is 14.5. The fourth-order valence-corrected chi connectivity index (χ4v) is 2.51. The normalized spacial score (nSPS) is 12.2. The van der Waals surface area contributed by atoms with Crippen molar-refractivity contribution in [2.24, 2.45) is 5.73 Å². The number of amides is 2. The number of benzene rings is 2. The molecule has 2 amide bonds. The maximum Gasteiger partial charge on any atom is 0.461 e. The molecule has 0 heterocycles. The van der Waals surface area contributed by atoms with Crippen LogP contribution in [0.3, 0.4) is 0 Å². The lowest BCUT2D eigenvalue weighted by Crippen LogP contribution is -2.33. The van der Waals surface area contributed by atoms with Crippen molar-refractivity contribution < 1.29 is 31.9 Å². The number of carbonyl (C=O) groups is 2. The van der Waals surface area contributed by atoms with Crippen molar-refractivity contribution in [1.82, 2.24) is 5.32 Å². The number of rotatable bonds is 9. The summed E-state index contributed by atoms with van der Waals surface area (Å²) in [6.07, 6.45) is -9.16. The molecule has 0 spiro atoms. The van der Waals surface area contributed by atoms with Crippen molar-refractivity contribution in [1.29, 1.82) is 5.41 Å². The van der Waals surface area contributed by atoms with E-state index in [1.54, 1.807) is 0 Å². The first-order valence-electron chi connectivity index (χ1n) is 8.96. The Bertz CT molecular complexity index is 952. The van der Waals surface area contributed by atoms with Gasteiger partial charge in [0.15, 0.2) is 0 Å². The number of alkyl halides is 4. The number of amidine groups is 1. The Labute approximate surface area is 175 Å². The van der Waals surface area contributed by atoms with Crippen LogP contribution in [-0.4, -0.2) is 30.2 Å². The van der Waals surface area contributed by atoms with Gasteiger partial charge >= 0.3 is 12.5 Å². The molecule has 0 saturated carbocycles. The molecule has 5 N–H and O–H groups in total. The predicted molar refractivity (Wildman–Crippen MR) is 105 cm³/mol. The van der Waals surface area contributed by atoms with E-state index in [0.717, 1.165) is 12.1 Å². The average molecular weight is 440 g/mol. The fourth-order valence-electron chi connectivity index (χ4n) is 2.51. The summed E-state index contributed by atoms with van der Waals surface area (Å²) in [6.45, 7) is 1.53. The van der Waals surface area contributed by atoms with Crippen LogP contribution in [0.5, 0.6) is 5.75 Å². The van der Waals surface area contributed by atoms with E-state index in [2.05, 4.69) is 15.4 Å². The highest BCUT2D eigenvalue weighted by Gasteiger charge is 2.44. The third-order valence-electron chi connectivity index (χ3n) is 4.04. The molecule has 0 aliphatic heterocycles. The maximum atomic E-state index is 13.1.